The van der Waals surface area contributed by atoms with Gasteiger partial charge in [-0.3, -0.25) is 0 Å². The molecule has 0 saturated carbocycles. The summed E-state index contributed by atoms with van der Waals surface area (Å²) in [7, 11) is 1.21. The second kappa shape index (κ2) is 5.13. The number of fused-ring (bicyclic) bond motifs is 1. The zero-order valence-electron chi connectivity index (χ0n) is 11.3. The minimum Gasteiger partial charge on any atom is -0.465 e. The molecule has 0 bridgehead atoms. The predicted molar refractivity (Wildman–Crippen MR) is 75.0 cm³/mol. The number of carbonyl (C=O) groups excluding carboxylic acids is 1. The average Bonchev–Trinajstić information content (AvgIpc) is 2.92. The zero-order chi connectivity index (χ0) is 15.0. The second-order valence-corrected chi connectivity index (χ2v) is 4.81. The molecule has 0 aliphatic heterocycles. The van der Waals surface area contributed by atoms with Crippen LogP contribution in [0.2, 0.25) is 0 Å². The Morgan fingerprint density at radius 1 is 1.10 bits per heavy atom. The molecular formula is C17H12F2O2. The lowest BCUT2D eigenvalue weighted by atomic mass is 9.92. The van der Waals surface area contributed by atoms with Crippen molar-refractivity contribution in [1.82, 2.24) is 0 Å². The number of halogens is 2. The van der Waals surface area contributed by atoms with Crippen LogP contribution in [-0.4, -0.2) is 13.1 Å². The van der Waals surface area contributed by atoms with Gasteiger partial charge in [-0.05, 0) is 29.3 Å². The Bertz CT molecular complexity index is 733. The third-order valence-electron chi connectivity index (χ3n) is 3.64. The molecule has 2 nitrogen and oxygen atoms in total. The molecule has 0 saturated heterocycles. The summed E-state index contributed by atoms with van der Waals surface area (Å²) in [6, 6.07) is 9.22. The molecule has 0 spiro atoms. The van der Waals surface area contributed by atoms with Gasteiger partial charge in [0.25, 0.3) is 0 Å². The van der Waals surface area contributed by atoms with Gasteiger partial charge in [0.05, 0.1) is 12.7 Å². The molecule has 0 aromatic heterocycles. The molecule has 1 atom stereocenters. The lowest BCUT2D eigenvalue weighted by Gasteiger charge is -2.13. The highest BCUT2D eigenvalue weighted by Gasteiger charge is 2.25. The Kier molecular flexibility index (Phi) is 3.29. The van der Waals surface area contributed by atoms with Gasteiger partial charge < -0.3 is 4.74 Å². The minimum absolute atomic E-state index is 0.0827. The number of esters is 1. The summed E-state index contributed by atoms with van der Waals surface area (Å²) in [4.78, 5) is 11.5. The molecule has 0 amide bonds. The summed E-state index contributed by atoms with van der Waals surface area (Å²) in [5.74, 6) is -1.73. The highest BCUT2D eigenvalue weighted by Crippen LogP contribution is 2.37. The van der Waals surface area contributed by atoms with Crippen molar-refractivity contribution in [2.45, 2.75) is 5.92 Å². The smallest absolute Gasteiger partial charge is 0.340 e. The molecule has 1 unspecified atom stereocenters. The van der Waals surface area contributed by atoms with Gasteiger partial charge in [0.15, 0.2) is 0 Å². The zero-order valence-corrected chi connectivity index (χ0v) is 11.3. The largest absolute Gasteiger partial charge is 0.465 e. The first-order chi connectivity index (χ1) is 10.1. The van der Waals surface area contributed by atoms with Crippen LogP contribution in [0.5, 0.6) is 0 Å². The van der Waals surface area contributed by atoms with E-state index in [1.807, 2.05) is 6.08 Å². The van der Waals surface area contributed by atoms with Crippen LogP contribution in [0.25, 0.3) is 6.08 Å². The van der Waals surface area contributed by atoms with Crippen LogP contribution in [0.3, 0.4) is 0 Å². The molecule has 4 heteroatoms. The fourth-order valence-electron chi connectivity index (χ4n) is 2.57. The highest BCUT2D eigenvalue weighted by atomic mass is 19.1. The van der Waals surface area contributed by atoms with Crippen LogP contribution in [0, 0.1) is 11.6 Å². The first kappa shape index (κ1) is 13.5. The minimum atomic E-state index is -0.700. The third-order valence-corrected chi connectivity index (χ3v) is 3.64. The van der Waals surface area contributed by atoms with Crippen LogP contribution >= 0.6 is 0 Å². The monoisotopic (exact) mass is 286 g/mol. The summed E-state index contributed by atoms with van der Waals surface area (Å²) >= 11 is 0. The van der Waals surface area contributed by atoms with E-state index in [1.165, 1.54) is 25.3 Å². The number of carbonyl (C=O) groups is 1. The van der Waals surface area contributed by atoms with E-state index in [-0.39, 0.29) is 17.3 Å². The Morgan fingerprint density at radius 3 is 2.48 bits per heavy atom. The molecular weight excluding hydrogens is 274 g/mol. The fourth-order valence-corrected chi connectivity index (χ4v) is 2.57. The van der Waals surface area contributed by atoms with E-state index in [2.05, 4.69) is 4.74 Å². The Hall–Kier alpha value is -2.49. The molecule has 0 N–H and O–H groups in total. The number of rotatable bonds is 2. The van der Waals surface area contributed by atoms with E-state index < -0.39 is 11.8 Å². The van der Waals surface area contributed by atoms with Crippen LogP contribution in [-0.2, 0) is 4.74 Å². The second-order valence-electron chi connectivity index (χ2n) is 4.81. The van der Waals surface area contributed by atoms with Crippen LogP contribution < -0.4 is 0 Å². The van der Waals surface area contributed by atoms with Gasteiger partial charge in [-0.1, -0.05) is 30.4 Å². The van der Waals surface area contributed by atoms with Crippen molar-refractivity contribution >= 4 is 12.0 Å². The topological polar surface area (TPSA) is 26.3 Å². The lowest BCUT2D eigenvalue weighted by Crippen LogP contribution is -2.07. The van der Waals surface area contributed by atoms with Gasteiger partial charge in [0.2, 0.25) is 0 Å². The van der Waals surface area contributed by atoms with Crippen molar-refractivity contribution in [2.24, 2.45) is 0 Å². The average molecular weight is 286 g/mol. The van der Waals surface area contributed by atoms with Crippen molar-refractivity contribution in [3.63, 3.8) is 0 Å². The quantitative estimate of drug-likeness (QED) is 0.782. The van der Waals surface area contributed by atoms with Crippen LogP contribution in [0.15, 0.2) is 42.5 Å². The molecule has 2 aromatic carbocycles. The van der Waals surface area contributed by atoms with Gasteiger partial charge in [0.1, 0.15) is 11.6 Å². The summed E-state index contributed by atoms with van der Waals surface area (Å²) in [6.45, 7) is 0. The Balaban J connectivity index is 2.04. The number of allylic oxidation sites excluding steroid dienone is 1. The van der Waals surface area contributed by atoms with Crippen molar-refractivity contribution in [1.29, 1.82) is 0 Å². The number of ether oxygens (including phenoxy) is 1. The van der Waals surface area contributed by atoms with Gasteiger partial charge >= 0.3 is 5.97 Å². The predicted octanol–water partition coefficient (Wildman–Crippen LogP) is 3.91. The molecule has 21 heavy (non-hydrogen) atoms. The summed E-state index contributed by atoms with van der Waals surface area (Å²) in [5.41, 5.74) is 1.93. The molecule has 0 heterocycles. The van der Waals surface area contributed by atoms with Crippen molar-refractivity contribution < 1.29 is 18.3 Å². The fraction of sp³-hybridized carbons (Fsp3) is 0.118. The van der Waals surface area contributed by atoms with E-state index in [9.17, 15) is 13.6 Å². The first-order valence-electron chi connectivity index (χ1n) is 6.46. The molecule has 1 aliphatic carbocycles. The van der Waals surface area contributed by atoms with Crippen LogP contribution in [0.1, 0.15) is 33.0 Å². The van der Waals surface area contributed by atoms with E-state index in [4.69, 9.17) is 0 Å². The molecule has 106 valence electrons. The van der Waals surface area contributed by atoms with E-state index in [0.717, 1.165) is 11.1 Å². The number of hydrogen-bond acceptors (Lipinski definition) is 2. The van der Waals surface area contributed by atoms with Gasteiger partial charge in [0, 0.05) is 11.5 Å². The molecule has 0 radical (unpaired) electrons. The summed E-state index contributed by atoms with van der Waals surface area (Å²) in [6.07, 6.45) is 3.48. The van der Waals surface area contributed by atoms with Gasteiger partial charge in [-0.2, -0.15) is 0 Å². The molecule has 0 fully saturated rings. The van der Waals surface area contributed by atoms with Crippen molar-refractivity contribution in [3.05, 3.63) is 76.4 Å². The van der Waals surface area contributed by atoms with E-state index >= 15 is 0 Å². The van der Waals surface area contributed by atoms with Gasteiger partial charge in [-0.25, -0.2) is 13.6 Å². The maximum atomic E-state index is 14.4. The summed E-state index contributed by atoms with van der Waals surface area (Å²) in [5, 5.41) is 0. The SMILES string of the molecule is COC(=O)c1ccc2c(c1F)C=CC2c1ccc(F)cc1. The normalized spacial score (nSPS) is 15.9. The van der Waals surface area contributed by atoms with Crippen molar-refractivity contribution in [3.8, 4) is 0 Å². The first-order valence-corrected chi connectivity index (χ1v) is 6.46. The maximum absolute atomic E-state index is 14.4. The summed E-state index contributed by atoms with van der Waals surface area (Å²) < 4.78 is 31.9. The van der Waals surface area contributed by atoms with E-state index in [0.29, 0.717) is 5.56 Å². The van der Waals surface area contributed by atoms with Crippen molar-refractivity contribution in [2.75, 3.05) is 7.11 Å². The molecule has 3 rings (SSSR count). The lowest BCUT2D eigenvalue weighted by molar-refractivity contribution is 0.0595. The number of methoxy groups -OCH3 is 1. The van der Waals surface area contributed by atoms with E-state index in [1.54, 1.807) is 24.3 Å². The third kappa shape index (κ3) is 2.23. The van der Waals surface area contributed by atoms with Gasteiger partial charge in [-0.15, -0.1) is 0 Å². The standard InChI is InChI=1S/C17H12F2O2/c1-21-17(20)15-9-7-13-12(6-8-14(13)16(15)19)10-2-4-11(18)5-3-10/h2-9,12H,1H3. The van der Waals surface area contributed by atoms with Crippen LogP contribution in [0.4, 0.5) is 8.78 Å². The highest BCUT2D eigenvalue weighted by molar-refractivity contribution is 5.91. The number of benzene rings is 2. The molecule has 1 aliphatic rings. The number of hydrogen-bond donors (Lipinski definition) is 0. The maximum Gasteiger partial charge on any atom is 0.340 e. The Labute approximate surface area is 120 Å². The Morgan fingerprint density at radius 2 is 1.81 bits per heavy atom. The molecule has 2 aromatic rings.